The number of fused-ring (bicyclic) bond motifs is 8. The number of furan rings is 1. The molecule has 2 heteroatoms. The lowest BCUT2D eigenvalue weighted by Gasteiger charge is -2.19. The lowest BCUT2D eigenvalue weighted by molar-refractivity contribution is 0.635. The molecule has 0 saturated carbocycles. The number of thiophene rings is 1. The van der Waals surface area contributed by atoms with E-state index in [4.69, 9.17) is 4.42 Å². The van der Waals surface area contributed by atoms with Gasteiger partial charge in [0.25, 0.3) is 0 Å². The van der Waals surface area contributed by atoms with E-state index in [0.29, 0.717) is 0 Å². The molecule has 0 fully saturated rings. The molecule has 0 radical (unpaired) electrons. The van der Waals surface area contributed by atoms with Gasteiger partial charge in [0.15, 0.2) is 5.58 Å². The van der Waals surface area contributed by atoms with E-state index in [1.165, 1.54) is 74.7 Å². The summed E-state index contributed by atoms with van der Waals surface area (Å²) in [4.78, 5) is 0. The molecule has 1 nitrogen and oxygen atoms in total. The molecule has 0 atom stereocenters. The van der Waals surface area contributed by atoms with Gasteiger partial charge in [-0.05, 0) is 66.7 Å². The van der Waals surface area contributed by atoms with E-state index in [0.717, 1.165) is 22.3 Å². The number of rotatable bonds is 3. The van der Waals surface area contributed by atoms with Gasteiger partial charge in [0.05, 0.1) is 4.70 Å². The zero-order valence-corrected chi connectivity index (χ0v) is 25.6. The van der Waals surface area contributed by atoms with E-state index in [9.17, 15) is 0 Å². The van der Waals surface area contributed by atoms with Crippen molar-refractivity contribution in [3.8, 4) is 33.6 Å². The van der Waals surface area contributed by atoms with Crippen molar-refractivity contribution < 1.29 is 4.42 Å². The van der Waals surface area contributed by atoms with E-state index < -0.39 is 0 Å². The molecule has 2 aromatic heterocycles. The normalized spacial score (nSPS) is 11.9. The first-order valence-electron chi connectivity index (χ1n) is 15.7. The highest BCUT2D eigenvalue weighted by molar-refractivity contribution is 7.26. The Bertz CT molecular complexity index is 2740. The average Bonchev–Trinajstić information content (AvgIpc) is 3.73. The number of hydrogen-bond acceptors (Lipinski definition) is 2. The van der Waals surface area contributed by atoms with E-state index in [1.54, 1.807) is 0 Å². The Balaban J connectivity index is 1.31. The van der Waals surface area contributed by atoms with E-state index in [1.807, 2.05) is 17.4 Å². The van der Waals surface area contributed by atoms with Crippen LogP contribution in [0.4, 0.5) is 0 Å². The standard InChI is InChI=1S/C44H26OS/c1-2-13-28(14-3-1)38-26-29-24-25-37-42-36(22-11-23-39(42)46-44(37)43(29)45-38)41-34-19-8-6-17-32(34)40(33-18-7-9-20-35(33)41)31-21-10-15-27-12-4-5-16-30(27)31/h1-26H. The Morgan fingerprint density at radius 1 is 0.413 bits per heavy atom. The third kappa shape index (κ3) is 3.68. The van der Waals surface area contributed by atoms with Crippen molar-refractivity contribution >= 4 is 74.8 Å². The lowest BCUT2D eigenvalue weighted by Crippen LogP contribution is -1.92. The van der Waals surface area contributed by atoms with E-state index >= 15 is 0 Å². The molecule has 0 bridgehead atoms. The topological polar surface area (TPSA) is 13.1 Å². The summed E-state index contributed by atoms with van der Waals surface area (Å²) in [6, 6.07) is 57.1. The summed E-state index contributed by atoms with van der Waals surface area (Å²) in [7, 11) is 0. The second kappa shape index (κ2) is 9.90. The van der Waals surface area contributed by atoms with Gasteiger partial charge in [0, 0.05) is 26.4 Å². The van der Waals surface area contributed by atoms with Crippen molar-refractivity contribution in [2.75, 3.05) is 0 Å². The Kier molecular flexibility index (Phi) is 5.51. The van der Waals surface area contributed by atoms with E-state index in [-0.39, 0.29) is 0 Å². The van der Waals surface area contributed by atoms with Crippen LogP contribution in [0.15, 0.2) is 162 Å². The van der Waals surface area contributed by atoms with Crippen LogP contribution in [0.5, 0.6) is 0 Å². The highest BCUT2D eigenvalue weighted by Crippen LogP contribution is 2.49. The summed E-state index contributed by atoms with van der Waals surface area (Å²) in [6.45, 7) is 0. The maximum Gasteiger partial charge on any atom is 0.152 e. The summed E-state index contributed by atoms with van der Waals surface area (Å²) in [5.74, 6) is 0.904. The Hall–Kier alpha value is -5.70. The average molecular weight is 603 g/mol. The molecule has 0 amide bonds. The molecule has 0 aliphatic carbocycles. The molecule has 214 valence electrons. The zero-order valence-electron chi connectivity index (χ0n) is 24.8. The van der Waals surface area contributed by atoms with Crippen LogP contribution >= 0.6 is 11.3 Å². The van der Waals surface area contributed by atoms with Gasteiger partial charge in [-0.1, -0.05) is 146 Å². The van der Waals surface area contributed by atoms with Gasteiger partial charge in [0.2, 0.25) is 0 Å². The highest BCUT2D eigenvalue weighted by atomic mass is 32.1. The van der Waals surface area contributed by atoms with Crippen molar-refractivity contribution in [1.82, 2.24) is 0 Å². The predicted molar refractivity (Wildman–Crippen MR) is 198 cm³/mol. The molecule has 46 heavy (non-hydrogen) atoms. The lowest BCUT2D eigenvalue weighted by atomic mass is 9.84. The number of hydrogen-bond donors (Lipinski definition) is 0. The van der Waals surface area contributed by atoms with Crippen LogP contribution in [0.25, 0.3) is 97.0 Å². The van der Waals surface area contributed by atoms with Gasteiger partial charge in [0.1, 0.15) is 5.76 Å². The maximum atomic E-state index is 6.59. The van der Waals surface area contributed by atoms with Crippen LogP contribution in [-0.2, 0) is 0 Å². The summed E-state index contributed by atoms with van der Waals surface area (Å²) in [6.07, 6.45) is 0. The SMILES string of the molecule is c1ccc(-c2cc3ccc4c(sc5cccc(-c6c7ccccc7c(-c7cccc8ccccc78)c7ccccc67)c54)c3o2)cc1. The van der Waals surface area contributed by atoms with Gasteiger partial charge in [-0.15, -0.1) is 11.3 Å². The fraction of sp³-hybridized carbons (Fsp3) is 0. The molecular weight excluding hydrogens is 577 g/mol. The summed E-state index contributed by atoms with van der Waals surface area (Å²) in [5, 5.41) is 11.3. The zero-order chi connectivity index (χ0) is 30.2. The van der Waals surface area contributed by atoms with Gasteiger partial charge in [-0.3, -0.25) is 0 Å². The third-order valence-electron chi connectivity index (χ3n) is 9.47. The molecule has 0 N–H and O–H groups in total. The van der Waals surface area contributed by atoms with Crippen molar-refractivity contribution in [2.45, 2.75) is 0 Å². The first-order chi connectivity index (χ1) is 22.8. The summed E-state index contributed by atoms with van der Waals surface area (Å²) >= 11 is 1.83. The number of benzene rings is 8. The maximum absolute atomic E-state index is 6.59. The van der Waals surface area contributed by atoms with Crippen LogP contribution in [-0.4, -0.2) is 0 Å². The Labute approximate surface area is 269 Å². The monoisotopic (exact) mass is 602 g/mol. The van der Waals surface area contributed by atoms with Gasteiger partial charge >= 0.3 is 0 Å². The highest BCUT2D eigenvalue weighted by Gasteiger charge is 2.21. The predicted octanol–water partition coefficient (Wildman–Crippen LogP) is 13.3. The van der Waals surface area contributed by atoms with Gasteiger partial charge in [-0.25, -0.2) is 0 Å². The first-order valence-corrected chi connectivity index (χ1v) is 16.5. The van der Waals surface area contributed by atoms with Crippen molar-refractivity contribution in [3.05, 3.63) is 158 Å². The van der Waals surface area contributed by atoms with Gasteiger partial charge < -0.3 is 4.42 Å². The molecule has 0 spiro atoms. The van der Waals surface area contributed by atoms with Crippen molar-refractivity contribution in [3.63, 3.8) is 0 Å². The van der Waals surface area contributed by atoms with Crippen LogP contribution in [0, 0.1) is 0 Å². The van der Waals surface area contributed by atoms with Crippen LogP contribution in [0.1, 0.15) is 0 Å². The molecule has 0 unspecified atom stereocenters. The van der Waals surface area contributed by atoms with Crippen molar-refractivity contribution in [1.29, 1.82) is 0 Å². The molecule has 0 aliphatic heterocycles. The van der Waals surface area contributed by atoms with Crippen molar-refractivity contribution in [2.24, 2.45) is 0 Å². The second-order valence-electron chi connectivity index (χ2n) is 12.0. The largest absolute Gasteiger partial charge is 0.455 e. The fourth-order valence-corrected chi connectivity index (χ4v) is 8.71. The molecule has 8 aromatic carbocycles. The van der Waals surface area contributed by atoms with Crippen LogP contribution in [0.3, 0.4) is 0 Å². The summed E-state index contributed by atoms with van der Waals surface area (Å²) < 4.78 is 9.06. The molecule has 2 heterocycles. The first kappa shape index (κ1) is 25.6. The molecular formula is C44H26OS. The smallest absolute Gasteiger partial charge is 0.152 e. The second-order valence-corrected chi connectivity index (χ2v) is 13.0. The van der Waals surface area contributed by atoms with Crippen LogP contribution < -0.4 is 0 Å². The fourth-order valence-electron chi connectivity index (χ4n) is 7.48. The molecule has 0 aliphatic rings. The van der Waals surface area contributed by atoms with Gasteiger partial charge in [-0.2, -0.15) is 0 Å². The molecule has 0 saturated heterocycles. The molecule has 10 aromatic rings. The summed E-state index contributed by atoms with van der Waals surface area (Å²) in [5.41, 5.74) is 7.16. The Morgan fingerprint density at radius 3 is 1.74 bits per heavy atom. The molecule has 10 rings (SSSR count). The minimum atomic E-state index is 0.904. The van der Waals surface area contributed by atoms with E-state index in [2.05, 4.69) is 152 Å². The Morgan fingerprint density at radius 2 is 1.00 bits per heavy atom. The quantitative estimate of drug-likeness (QED) is 0.183. The minimum absolute atomic E-state index is 0.904. The third-order valence-corrected chi connectivity index (χ3v) is 10.6. The van der Waals surface area contributed by atoms with Crippen LogP contribution in [0.2, 0.25) is 0 Å². The minimum Gasteiger partial charge on any atom is -0.455 e.